The van der Waals surface area contributed by atoms with E-state index in [2.05, 4.69) is 5.10 Å². The average molecular weight is 311 g/mol. The van der Waals surface area contributed by atoms with Gasteiger partial charge in [0.25, 0.3) is 5.91 Å². The van der Waals surface area contributed by atoms with Gasteiger partial charge in [-0.25, -0.2) is 0 Å². The van der Waals surface area contributed by atoms with Crippen molar-refractivity contribution in [3.05, 3.63) is 48.3 Å². The van der Waals surface area contributed by atoms with Gasteiger partial charge in [-0.3, -0.25) is 9.48 Å². The first-order valence-electron chi connectivity index (χ1n) is 8.19. The first-order valence-corrected chi connectivity index (χ1v) is 8.19. The summed E-state index contributed by atoms with van der Waals surface area (Å²) in [6.45, 7) is 1.67. The molecule has 120 valence electrons. The first kappa shape index (κ1) is 14.3. The fourth-order valence-corrected chi connectivity index (χ4v) is 3.94. The molecule has 0 bridgehead atoms. The van der Waals surface area contributed by atoms with Gasteiger partial charge in [0.2, 0.25) is 0 Å². The molecule has 0 radical (unpaired) electrons. The van der Waals surface area contributed by atoms with Gasteiger partial charge in [0.05, 0.1) is 6.10 Å². The number of fused-ring (bicyclic) bond motifs is 1. The Morgan fingerprint density at radius 3 is 2.43 bits per heavy atom. The van der Waals surface area contributed by atoms with Crippen molar-refractivity contribution >= 4 is 5.91 Å². The lowest BCUT2D eigenvalue weighted by molar-refractivity contribution is 0.0759. The van der Waals surface area contributed by atoms with E-state index < -0.39 is 0 Å². The number of hydrogen-bond acceptors (Lipinski definition) is 3. The van der Waals surface area contributed by atoms with Gasteiger partial charge < -0.3 is 9.64 Å². The minimum Gasteiger partial charge on any atom is -0.490 e. The lowest BCUT2D eigenvalue weighted by Crippen LogP contribution is -2.32. The zero-order valence-corrected chi connectivity index (χ0v) is 13.3. The third-order valence-electron chi connectivity index (χ3n) is 5.08. The Morgan fingerprint density at radius 2 is 1.83 bits per heavy atom. The third-order valence-corrected chi connectivity index (χ3v) is 5.08. The maximum absolute atomic E-state index is 12.6. The average Bonchev–Trinajstić information content (AvgIpc) is 3.22. The molecular weight excluding hydrogens is 290 g/mol. The molecule has 1 unspecified atom stereocenters. The molecule has 1 aromatic carbocycles. The Hall–Kier alpha value is -2.30. The molecule has 1 aliphatic carbocycles. The summed E-state index contributed by atoms with van der Waals surface area (Å²) < 4.78 is 7.73. The summed E-state index contributed by atoms with van der Waals surface area (Å²) >= 11 is 0. The molecule has 1 saturated heterocycles. The van der Waals surface area contributed by atoms with Gasteiger partial charge in [-0.2, -0.15) is 5.10 Å². The van der Waals surface area contributed by atoms with Crippen LogP contribution < -0.4 is 4.74 Å². The molecule has 0 N–H and O–H groups in total. The largest absolute Gasteiger partial charge is 0.490 e. The molecule has 1 aliphatic heterocycles. The van der Waals surface area contributed by atoms with E-state index in [-0.39, 0.29) is 12.0 Å². The molecule has 2 heterocycles. The van der Waals surface area contributed by atoms with E-state index in [1.54, 1.807) is 16.9 Å². The number of ether oxygens (including phenoxy) is 1. The summed E-state index contributed by atoms with van der Waals surface area (Å²) in [6, 6.07) is 11.8. The molecule has 1 saturated carbocycles. The van der Waals surface area contributed by atoms with Gasteiger partial charge in [-0.05, 0) is 42.9 Å². The second kappa shape index (κ2) is 5.72. The Morgan fingerprint density at radius 1 is 1.13 bits per heavy atom. The fraction of sp³-hybridized carbons (Fsp3) is 0.444. The summed E-state index contributed by atoms with van der Waals surface area (Å²) in [7, 11) is 1.81. The zero-order chi connectivity index (χ0) is 15.8. The molecule has 1 aromatic heterocycles. The number of carbonyl (C=O) groups is 1. The number of nitrogens with zero attached hydrogens (tertiary/aromatic N) is 3. The van der Waals surface area contributed by atoms with Gasteiger partial charge in [0, 0.05) is 26.3 Å². The molecular formula is C18H21N3O2. The lowest BCUT2D eigenvalue weighted by atomic mass is 10.0. The Kier molecular flexibility index (Phi) is 3.56. The van der Waals surface area contributed by atoms with Crippen molar-refractivity contribution in [2.45, 2.75) is 18.9 Å². The topological polar surface area (TPSA) is 47.4 Å². The van der Waals surface area contributed by atoms with Crippen LogP contribution in [0.1, 0.15) is 23.3 Å². The van der Waals surface area contributed by atoms with Crippen molar-refractivity contribution in [3.8, 4) is 5.75 Å². The maximum atomic E-state index is 12.6. The summed E-state index contributed by atoms with van der Waals surface area (Å²) in [5.74, 6) is 2.15. The molecule has 4 rings (SSSR count). The van der Waals surface area contributed by atoms with E-state index in [1.165, 1.54) is 0 Å². The van der Waals surface area contributed by atoms with Crippen LogP contribution in [0.2, 0.25) is 0 Å². The highest BCUT2D eigenvalue weighted by Crippen LogP contribution is 2.40. The van der Waals surface area contributed by atoms with Gasteiger partial charge in [-0.15, -0.1) is 0 Å². The third kappa shape index (κ3) is 2.71. The number of carbonyl (C=O) groups excluding carboxylic acids is 1. The van der Waals surface area contributed by atoms with E-state index in [0.717, 1.165) is 31.7 Å². The van der Waals surface area contributed by atoms with Crippen LogP contribution in [0.25, 0.3) is 0 Å². The van der Waals surface area contributed by atoms with Crippen molar-refractivity contribution in [2.75, 3.05) is 13.1 Å². The number of aromatic nitrogens is 2. The second-order valence-electron chi connectivity index (χ2n) is 6.59. The predicted molar refractivity (Wildman–Crippen MR) is 86.2 cm³/mol. The summed E-state index contributed by atoms with van der Waals surface area (Å²) in [5.41, 5.74) is 0.669. The smallest absolute Gasteiger partial charge is 0.272 e. The molecule has 5 nitrogen and oxygen atoms in total. The molecule has 2 aromatic rings. The van der Waals surface area contributed by atoms with Gasteiger partial charge in [0.1, 0.15) is 11.4 Å². The minimum absolute atomic E-state index is 0.0972. The fourth-order valence-electron chi connectivity index (χ4n) is 3.94. The standard InChI is InChI=1S/C18H21N3O2/c1-20-17(7-8-19-20)18(22)21-11-13-9-16(10-14(13)12-21)23-15-5-3-2-4-6-15/h2-8,13-14,16H,9-12H2,1H3/t13-,14+,16?. The zero-order valence-electron chi connectivity index (χ0n) is 13.3. The normalized spacial score (nSPS) is 26.3. The monoisotopic (exact) mass is 311 g/mol. The van der Waals surface area contributed by atoms with E-state index >= 15 is 0 Å². The number of para-hydroxylation sites is 1. The summed E-state index contributed by atoms with van der Waals surface area (Å²) in [4.78, 5) is 14.5. The van der Waals surface area contributed by atoms with E-state index in [1.807, 2.05) is 42.3 Å². The molecule has 3 atom stereocenters. The minimum atomic E-state index is 0.0972. The van der Waals surface area contributed by atoms with Crippen LogP contribution in [-0.2, 0) is 7.05 Å². The Labute approximate surface area is 135 Å². The van der Waals surface area contributed by atoms with E-state index in [9.17, 15) is 4.79 Å². The number of likely N-dealkylation sites (tertiary alicyclic amines) is 1. The van der Waals surface area contributed by atoms with Crippen LogP contribution in [0.4, 0.5) is 0 Å². The van der Waals surface area contributed by atoms with Crippen LogP contribution in [0.3, 0.4) is 0 Å². The van der Waals surface area contributed by atoms with E-state index in [0.29, 0.717) is 17.5 Å². The molecule has 1 amide bonds. The van der Waals surface area contributed by atoms with Gasteiger partial charge in [0.15, 0.2) is 0 Å². The summed E-state index contributed by atoms with van der Waals surface area (Å²) in [6.07, 6.45) is 4.03. The highest BCUT2D eigenvalue weighted by atomic mass is 16.5. The SMILES string of the molecule is Cn1nccc1C(=O)N1C[C@H]2CC(Oc3ccccc3)C[C@H]2C1. The Balaban J connectivity index is 1.37. The number of aryl methyl sites for hydroxylation is 1. The number of amides is 1. The number of rotatable bonds is 3. The number of benzene rings is 1. The molecule has 2 aliphatic rings. The van der Waals surface area contributed by atoms with E-state index in [4.69, 9.17) is 4.74 Å². The van der Waals surface area contributed by atoms with Gasteiger partial charge >= 0.3 is 0 Å². The highest BCUT2D eigenvalue weighted by molar-refractivity contribution is 5.92. The van der Waals surface area contributed by atoms with Crippen molar-refractivity contribution < 1.29 is 9.53 Å². The van der Waals surface area contributed by atoms with Gasteiger partial charge in [-0.1, -0.05) is 18.2 Å². The van der Waals surface area contributed by atoms with Crippen LogP contribution in [0.15, 0.2) is 42.6 Å². The van der Waals surface area contributed by atoms with Crippen LogP contribution in [0.5, 0.6) is 5.75 Å². The molecule has 2 fully saturated rings. The van der Waals surface area contributed by atoms with Crippen molar-refractivity contribution in [3.63, 3.8) is 0 Å². The predicted octanol–water partition coefficient (Wildman–Crippen LogP) is 2.35. The first-order chi connectivity index (χ1) is 11.2. The second-order valence-corrected chi connectivity index (χ2v) is 6.59. The quantitative estimate of drug-likeness (QED) is 0.874. The van der Waals surface area contributed by atoms with Crippen molar-refractivity contribution in [1.82, 2.24) is 14.7 Å². The van der Waals surface area contributed by atoms with Crippen molar-refractivity contribution in [1.29, 1.82) is 0 Å². The molecule has 23 heavy (non-hydrogen) atoms. The molecule has 5 heteroatoms. The van der Waals surface area contributed by atoms with Crippen LogP contribution in [-0.4, -0.2) is 39.8 Å². The molecule has 0 spiro atoms. The highest BCUT2D eigenvalue weighted by Gasteiger charge is 2.43. The van der Waals surface area contributed by atoms with Crippen LogP contribution in [0, 0.1) is 11.8 Å². The lowest BCUT2D eigenvalue weighted by Gasteiger charge is -2.20. The van der Waals surface area contributed by atoms with Crippen molar-refractivity contribution in [2.24, 2.45) is 18.9 Å². The maximum Gasteiger partial charge on any atom is 0.272 e. The summed E-state index contributed by atoms with van der Waals surface area (Å²) in [5, 5.41) is 4.09. The van der Waals surface area contributed by atoms with Crippen LogP contribution >= 0.6 is 0 Å². The Bertz CT molecular complexity index is 683. The number of hydrogen-bond donors (Lipinski definition) is 0.